The van der Waals surface area contributed by atoms with Crippen molar-refractivity contribution in [2.24, 2.45) is 0 Å². The molecule has 0 radical (unpaired) electrons. The van der Waals surface area contributed by atoms with E-state index in [9.17, 15) is 14.3 Å². The molecule has 0 spiro atoms. The number of thioether (sulfide) groups is 1. The van der Waals surface area contributed by atoms with Gasteiger partial charge in [-0.2, -0.15) is 16.6 Å². The van der Waals surface area contributed by atoms with Gasteiger partial charge < -0.3 is 4.89 Å². The van der Waals surface area contributed by atoms with Gasteiger partial charge in [0.25, 0.3) is 0 Å². The van der Waals surface area contributed by atoms with Gasteiger partial charge >= 0.3 is 13.3 Å². The molecule has 6 nitrogen and oxygen atoms in total. The van der Waals surface area contributed by atoms with Gasteiger partial charge in [-0.05, 0) is 31.9 Å². The van der Waals surface area contributed by atoms with E-state index in [1.54, 1.807) is 18.7 Å². The van der Waals surface area contributed by atoms with E-state index in [2.05, 4.69) is 23.6 Å². The Morgan fingerprint density at radius 3 is 1.88 bits per heavy atom. The summed E-state index contributed by atoms with van der Waals surface area (Å²) in [5.41, 5.74) is -1.34. The number of carbonyl (C=O) groups is 1. The predicted molar refractivity (Wildman–Crippen MR) is 140 cm³/mol. The fourth-order valence-corrected chi connectivity index (χ4v) is 5.86. The van der Waals surface area contributed by atoms with Gasteiger partial charge in [-0.1, -0.05) is 104 Å². The second-order valence-corrected chi connectivity index (χ2v) is 11.9. The van der Waals surface area contributed by atoms with Crippen LogP contribution in [-0.2, 0) is 18.9 Å². The summed E-state index contributed by atoms with van der Waals surface area (Å²) >= 11 is 1.80. The highest BCUT2D eigenvalue weighted by Gasteiger charge is 2.38. The predicted octanol–water partition coefficient (Wildman–Crippen LogP) is 9.05. The average molecular weight is 511 g/mol. The maximum absolute atomic E-state index is 12.3. The molecule has 3 atom stereocenters. The molecule has 0 saturated heterocycles. The largest absolute Gasteiger partial charge is 0.452 e. The Morgan fingerprint density at radius 2 is 1.33 bits per heavy atom. The van der Waals surface area contributed by atoms with Crippen LogP contribution in [-0.4, -0.2) is 34.3 Å². The van der Waals surface area contributed by atoms with Crippen LogP contribution >= 0.6 is 19.4 Å². The first-order valence-electron chi connectivity index (χ1n) is 13.4. The minimum Gasteiger partial charge on any atom is -0.316 e. The fourth-order valence-electron chi connectivity index (χ4n) is 3.61. The van der Waals surface area contributed by atoms with Crippen molar-refractivity contribution in [1.29, 1.82) is 0 Å². The summed E-state index contributed by atoms with van der Waals surface area (Å²) in [7, 11) is -4.55. The van der Waals surface area contributed by atoms with Crippen molar-refractivity contribution in [3.05, 3.63) is 0 Å². The molecule has 0 aliphatic rings. The first-order chi connectivity index (χ1) is 15.9. The third-order valence-electron chi connectivity index (χ3n) is 5.65. The molecule has 1 N–H and O–H groups in total. The van der Waals surface area contributed by atoms with Gasteiger partial charge in [0.2, 0.25) is 0 Å². The zero-order valence-electron chi connectivity index (χ0n) is 21.7. The van der Waals surface area contributed by atoms with Gasteiger partial charge in [-0.3, -0.25) is 9.41 Å². The summed E-state index contributed by atoms with van der Waals surface area (Å²) in [4.78, 5) is 31.0. The molecule has 0 bridgehead atoms. The molecular formula is C25H51O6PS. The number of rotatable bonds is 24. The molecule has 0 amide bonds. The van der Waals surface area contributed by atoms with Crippen molar-refractivity contribution in [1.82, 2.24) is 0 Å². The SMILES string of the molecule is CCCCCCCCCCCCSC(CCCCCC)C(C)OP(=O)(O)C(=O)OOCCC. The average Bonchev–Trinajstić information content (AvgIpc) is 2.78. The topological polar surface area (TPSA) is 82.1 Å². The van der Waals surface area contributed by atoms with Gasteiger partial charge in [0.15, 0.2) is 0 Å². The molecule has 0 aliphatic heterocycles. The summed E-state index contributed by atoms with van der Waals surface area (Å²) in [5.74, 6) is 1.00. The monoisotopic (exact) mass is 510 g/mol. The van der Waals surface area contributed by atoms with E-state index in [1.165, 1.54) is 64.2 Å². The minimum atomic E-state index is -4.55. The Morgan fingerprint density at radius 1 is 0.818 bits per heavy atom. The molecule has 0 aromatic rings. The molecule has 0 rings (SSSR count). The molecular weight excluding hydrogens is 459 g/mol. The van der Waals surface area contributed by atoms with Gasteiger partial charge in [0.05, 0.1) is 12.7 Å². The maximum atomic E-state index is 12.3. The first kappa shape index (κ1) is 32.9. The quantitative estimate of drug-likeness (QED) is 0.0600. The zero-order valence-corrected chi connectivity index (χ0v) is 23.4. The van der Waals surface area contributed by atoms with E-state index in [0.29, 0.717) is 6.42 Å². The Balaban J connectivity index is 4.35. The fraction of sp³-hybridized carbons (Fsp3) is 0.960. The lowest BCUT2D eigenvalue weighted by Gasteiger charge is -2.25. The lowest BCUT2D eigenvalue weighted by Crippen LogP contribution is -2.24. The van der Waals surface area contributed by atoms with E-state index >= 15 is 0 Å². The molecule has 0 fully saturated rings. The van der Waals surface area contributed by atoms with Crippen molar-refractivity contribution in [2.45, 2.75) is 142 Å². The molecule has 3 unspecified atom stereocenters. The molecule has 198 valence electrons. The van der Waals surface area contributed by atoms with Crippen LogP contribution in [0, 0.1) is 0 Å². The lowest BCUT2D eigenvalue weighted by molar-refractivity contribution is -0.231. The second kappa shape index (κ2) is 22.4. The Bertz CT molecular complexity index is 505. The highest BCUT2D eigenvalue weighted by Crippen LogP contribution is 2.47. The molecule has 0 aromatic heterocycles. The van der Waals surface area contributed by atoms with Crippen molar-refractivity contribution >= 4 is 25.1 Å². The van der Waals surface area contributed by atoms with Crippen LogP contribution in [0.2, 0.25) is 0 Å². The molecule has 0 aliphatic carbocycles. The summed E-state index contributed by atoms with van der Waals surface area (Å²) in [5, 5.41) is 0.0743. The van der Waals surface area contributed by atoms with Crippen LogP contribution in [0.4, 0.5) is 4.79 Å². The molecule has 33 heavy (non-hydrogen) atoms. The second-order valence-electron chi connectivity index (χ2n) is 8.94. The smallest absolute Gasteiger partial charge is 0.316 e. The van der Waals surface area contributed by atoms with Gasteiger partial charge in [-0.25, -0.2) is 9.36 Å². The van der Waals surface area contributed by atoms with Gasteiger partial charge in [-0.15, -0.1) is 0 Å². The first-order valence-corrected chi connectivity index (χ1v) is 16.0. The highest BCUT2D eigenvalue weighted by atomic mass is 32.2. The van der Waals surface area contributed by atoms with Crippen molar-refractivity contribution < 1.29 is 28.6 Å². The van der Waals surface area contributed by atoms with Crippen molar-refractivity contribution in [3.8, 4) is 0 Å². The zero-order chi connectivity index (χ0) is 24.8. The van der Waals surface area contributed by atoms with Crippen molar-refractivity contribution in [2.75, 3.05) is 12.4 Å². The minimum absolute atomic E-state index is 0.0743. The Kier molecular flexibility index (Phi) is 22.4. The molecule has 0 heterocycles. The summed E-state index contributed by atoms with van der Waals surface area (Å²) in [6.45, 7) is 8.23. The Hall–Kier alpha value is -0.0700. The van der Waals surface area contributed by atoms with Crippen LogP contribution in [0.1, 0.15) is 130 Å². The van der Waals surface area contributed by atoms with Crippen LogP contribution in [0.5, 0.6) is 0 Å². The number of carbonyl (C=O) groups excluding carboxylic acids is 1. The van der Waals surface area contributed by atoms with E-state index in [-0.39, 0.29) is 11.9 Å². The van der Waals surface area contributed by atoms with Crippen molar-refractivity contribution in [3.63, 3.8) is 0 Å². The summed E-state index contributed by atoms with van der Waals surface area (Å²) < 4.78 is 17.7. The van der Waals surface area contributed by atoms with Crippen LogP contribution in [0.3, 0.4) is 0 Å². The van der Waals surface area contributed by atoms with E-state index < -0.39 is 19.4 Å². The molecule has 0 saturated carbocycles. The number of hydrogen-bond donors (Lipinski definition) is 1. The maximum Gasteiger partial charge on any atom is 0.452 e. The standard InChI is InChI=1S/C25H51O6PS/c1-5-8-10-12-13-14-15-16-17-19-22-33-24(20-18-11-9-6-2)23(4)31-32(27,28)25(26)30-29-21-7-3/h23-24H,5-22H2,1-4H3,(H,27,28). The van der Waals surface area contributed by atoms with E-state index in [1.807, 2.05) is 6.92 Å². The van der Waals surface area contributed by atoms with Gasteiger partial charge in [0, 0.05) is 5.25 Å². The number of unbranched alkanes of at least 4 members (excludes halogenated alkanes) is 12. The summed E-state index contributed by atoms with van der Waals surface area (Å²) in [6.07, 6.45) is 18.6. The number of hydrogen-bond acceptors (Lipinski definition) is 6. The third-order valence-corrected chi connectivity index (χ3v) is 8.38. The Labute approximate surface area is 207 Å². The van der Waals surface area contributed by atoms with Crippen LogP contribution < -0.4 is 0 Å². The molecule has 0 aromatic carbocycles. The lowest BCUT2D eigenvalue weighted by atomic mass is 10.1. The normalized spacial score (nSPS) is 15.2. The van der Waals surface area contributed by atoms with Gasteiger partial charge in [0.1, 0.15) is 0 Å². The third kappa shape index (κ3) is 18.9. The van der Waals surface area contributed by atoms with E-state index in [4.69, 9.17) is 4.52 Å². The van der Waals surface area contributed by atoms with Crippen LogP contribution in [0.25, 0.3) is 0 Å². The highest BCUT2D eigenvalue weighted by molar-refractivity contribution is 7.99. The van der Waals surface area contributed by atoms with Crippen LogP contribution in [0.15, 0.2) is 0 Å². The van der Waals surface area contributed by atoms with E-state index in [0.717, 1.165) is 37.9 Å². The molecule has 8 heteroatoms. The summed E-state index contributed by atoms with van der Waals surface area (Å²) in [6, 6.07) is 0.